The molecule has 0 aromatic carbocycles. The van der Waals surface area contributed by atoms with Crippen molar-refractivity contribution in [1.82, 2.24) is 4.90 Å². The zero-order valence-electron chi connectivity index (χ0n) is 11.5. The quantitative estimate of drug-likeness (QED) is 0.809. The van der Waals surface area contributed by atoms with Crippen molar-refractivity contribution in [3.63, 3.8) is 0 Å². The van der Waals surface area contributed by atoms with Gasteiger partial charge in [0.1, 0.15) is 5.76 Å². The second-order valence-electron chi connectivity index (χ2n) is 5.15. The molecule has 19 heavy (non-hydrogen) atoms. The van der Waals surface area contributed by atoms with Gasteiger partial charge in [-0.15, -0.1) is 0 Å². The van der Waals surface area contributed by atoms with E-state index in [0.29, 0.717) is 6.61 Å². The Morgan fingerprint density at radius 3 is 2.79 bits per heavy atom. The lowest BCUT2D eigenvalue weighted by Crippen LogP contribution is -2.45. The maximum atomic E-state index is 8.77. The van der Waals surface area contributed by atoms with Gasteiger partial charge in [0.25, 0.3) is 0 Å². The van der Waals surface area contributed by atoms with Crippen LogP contribution >= 0.6 is 0 Å². The predicted octanol–water partition coefficient (Wildman–Crippen LogP) is 1.14. The van der Waals surface area contributed by atoms with Crippen LogP contribution in [0, 0.1) is 0 Å². The Kier molecular flexibility index (Phi) is 5.39. The van der Waals surface area contributed by atoms with Crippen LogP contribution in [0.3, 0.4) is 0 Å². The molecule has 1 saturated heterocycles. The second-order valence-corrected chi connectivity index (χ2v) is 5.15. The topological polar surface area (TPSA) is 71.9 Å². The molecule has 2 unspecified atom stereocenters. The summed E-state index contributed by atoms with van der Waals surface area (Å²) in [6, 6.07) is 4.05. The summed E-state index contributed by atoms with van der Waals surface area (Å²) < 4.78 is 11.1. The highest BCUT2D eigenvalue weighted by atomic mass is 16.5. The van der Waals surface area contributed by atoms with Crippen molar-refractivity contribution < 1.29 is 14.3 Å². The number of furan rings is 1. The number of nitrogens with two attached hydrogens (primary N) is 1. The van der Waals surface area contributed by atoms with E-state index in [1.54, 1.807) is 6.26 Å². The summed E-state index contributed by atoms with van der Waals surface area (Å²) in [5.41, 5.74) is 6.11. The zero-order chi connectivity index (χ0) is 13.7. The van der Waals surface area contributed by atoms with Gasteiger partial charge in [-0.25, -0.2) is 0 Å². The summed E-state index contributed by atoms with van der Waals surface area (Å²) in [4.78, 5) is 2.36. The Balaban J connectivity index is 1.91. The third-order valence-electron chi connectivity index (χ3n) is 3.65. The molecule has 2 atom stereocenters. The SMILES string of the molecule is CC(N)C(c1ccco1)N1CCC(OCCO)CC1. The molecule has 1 aromatic rings. The molecule has 0 radical (unpaired) electrons. The van der Waals surface area contributed by atoms with Gasteiger partial charge in [-0.3, -0.25) is 4.90 Å². The fourth-order valence-corrected chi connectivity index (χ4v) is 2.77. The first-order valence-electron chi connectivity index (χ1n) is 6.98. The molecule has 2 rings (SSSR count). The number of ether oxygens (including phenoxy) is 1. The number of aliphatic hydroxyl groups excluding tert-OH is 1. The molecular formula is C14H24N2O3. The summed E-state index contributed by atoms with van der Waals surface area (Å²) in [6.45, 7) is 4.43. The molecule has 1 aliphatic rings. The number of hydrogen-bond donors (Lipinski definition) is 2. The molecule has 0 aliphatic carbocycles. The molecular weight excluding hydrogens is 244 g/mol. The molecule has 0 saturated carbocycles. The van der Waals surface area contributed by atoms with Gasteiger partial charge >= 0.3 is 0 Å². The third-order valence-corrected chi connectivity index (χ3v) is 3.65. The van der Waals surface area contributed by atoms with Crippen molar-refractivity contribution in [3.8, 4) is 0 Å². The Hall–Kier alpha value is -0.880. The highest BCUT2D eigenvalue weighted by Gasteiger charge is 2.30. The lowest BCUT2D eigenvalue weighted by molar-refractivity contribution is -0.0191. The minimum atomic E-state index is 0.0288. The standard InChI is InChI=1S/C14H24N2O3/c1-11(15)14(13-3-2-9-19-13)16-6-4-12(5-7-16)18-10-8-17/h2-3,9,11-12,14,17H,4-8,10,15H2,1H3. The second kappa shape index (κ2) is 7.05. The van der Waals surface area contributed by atoms with Crippen molar-refractivity contribution in [2.45, 2.75) is 38.0 Å². The van der Waals surface area contributed by atoms with Crippen LogP contribution in [0.15, 0.2) is 22.8 Å². The highest BCUT2D eigenvalue weighted by Crippen LogP contribution is 2.27. The van der Waals surface area contributed by atoms with E-state index in [1.807, 2.05) is 19.1 Å². The normalized spacial score (nSPS) is 21.4. The molecule has 3 N–H and O–H groups in total. The summed E-state index contributed by atoms with van der Waals surface area (Å²) in [7, 11) is 0. The maximum absolute atomic E-state index is 8.77. The molecule has 1 aromatic heterocycles. The van der Waals surface area contributed by atoms with Crippen LogP contribution in [0.5, 0.6) is 0 Å². The Labute approximate surface area is 114 Å². The molecule has 1 aliphatic heterocycles. The summed E-state index contributed by atoms with van der Waals surface area (Å²) in [5.74, 6) is 0.935. The van der Waals surface area contributed by atoms with Crippen molar-refractivity contribution in [1.29, 1.82) is 0 Å². The van der Waals surface area contributed by atoms with Gasteiger partial charge in [0.15, 0.2) is 0 Å². The van der Waals surface area contributed by atoms with Crippen LogP contribution in [0.4, 0.5) is 0 Å². The lowest BCUT2D eigenvalue weighted by atomic mass is 10.0. The average molecular weight is 268 g/mol. The molecule has 0 amide bonds. The van der Waals surface area contributed by atoms with Gasteiger partial charge in [0, 0.05) is 19.1 Å². The largest absolute Gasteiger partial charge is 0.468 e. The molecule has 0 spiro atoms. The van der Waals surface area contributed by atoms with Gasteiger partial charge in [-0.2, -0.15) is 0 Å². The van der Waals surface area contributed by atoms with Crippen molar-refractivity contribution in [3.05, 3.63) is 24.2 Å². The van der Waals surface area contributed by atoms with Crippen molar-refractivity contribution >= 4 is 0 Å². The first-order chi connectivity index (χ1) is 9.22. The van der Waals surface area contributed by atoms with Crippen LogP contribution in [-0.4, -0.2) is 48.5 Å². The molecule has 5 nitrogen and oxygen atoms in total. The van der Waals surface area contributed by atoms with E-state index in [-0.39, 0.29) is 24.8 Å². The predicted molar refractivity (Wildman–Crippen MR) is 72.7 cm³/mol. The third kappa shape index (κ3) is 3.79. The fraction of sp³-hybridized carbons (Fsp3) is 0.714. The number of likely N-dealkylation sites (tertiary alicyclic amines) is 1. The van der Waals surface area contributed by atoms with E-state index in [1.165, 1.54) is 0 Å². The van der Waals surface area contributed by atoms with E-state index in [0.717, 1.165) is 31.7 Å². The van der Waals surface area contributed by atoms with E-state index >= 15 is 0 Å². The number of hydrogen-bond acceptors (Lipinski definition) is 5. The number of nitrogens with zero attached hydrogens (tertiary/aromatic N) is 1. The first-order valence-corrected chi connectivity index (χ1v) is 6.98. The van der Waals surface area contributed by atoms with Crippen molar-refractivity contribution in [2.75, 3.05) is 26.3 Å². The van der Waals surface area contributed by atoms with Crippen molar-refractivity contribution in [2.24, 2.45) is 5.73 Å². The van der Waals surface area contributed by atoms with Crippen LogP contribution in [0.1, 0.15) is 31.6 Å². The molecule has 0 bridgehead atoms. The minimum absolute atomic E-state index is 0.0288. The van der Waals surface area contributed by atoms with Gasteiger partial charge in [-0.1, -0.05) is 0 Å². The van der Waals surface area contributed by atoms with Crippen LogP contribution < -0.4 is 5.73 Å². The van der Waals surface area contributed by atoms with Crippen LogP contribution in [-0.2, 0) is 4.74 Å². The molecule has 108 valence electrons. The summed E-state index contributed by atoms with van der Waals surface area (Å²) in [6.07, 6.45) is 3.91. The van der Waals surface area contributed by atoms with E-state index in [9.17, 15) is 0 Å². The highest BCUT2D eigenvalue weighted by molar-refractivity contribution is 5.07. The number of piperidine rings is 1. The van der Waals surface area contributed by atoms with Crippen LogP contribution in [0.2, 0.25) is 0 Å². The maximum Gasteiger partial charge on any atom is 0.122 e. The Bertz CT molecular complexity index is 346. The molecule has 1 fully saturated rings. The lowest BCUT2D eigenvalue weighted by Gasteiger charge is -2.38. The fourth-order valence-electron chi connectivity index (χ4n) is 2.77. The van der Waals surface area contributed by atoms with E-state index in [4.69, 9.17) is 20.0 Å². The Morgan fingerprint density at radius 2 is 2.26 bits per heavy atom. The summed E-state index contributed by atoms with van der Waals surface area (Å²) >= 11 is 0. The van der Waals surface area contributed by atoms with Crippen LogP contribution in [0.25, 0.3) is 0 Å². The van der Waals surface area contributed by atoms with Gasteiger partial charge in [0.05, 0.1) is 31.6 Å². The summed E-state index contributed by atoms with van der Waals surface area (Å²) in [5, 5.41) is 8.77. The number of rotatable bonds is 6. The smallest absolute Gasteiger partial charge is 0.122 e. The number of aliphatic hydroxyl groups is 1. The van der Waals surface area contributed by atoms with E-state index in [2.05, 4.69) is 4.90 Å². The minimum Gasteiger partial charge on any atom is -0.468 e. The average Bonchev–Trinajstić information content (AvgIpc) is 2.91. The Morgan fingerprint density at radius 1 is 1.53 bits per heavy atom. The molecule has 2 heterocycles. The van der Waals surface area contributed by atoms with Gasteiger partial charge in [-0.05, 0) is 31.9 Å². The molecule has 5 heteroatoms. The first kappa shape index (κ1) is 14.5. The zero-order valence-corrected chi connectivity index (χ0v) is 11.5. The van der Waals surface area contributed by atoms with Gasteiger partial charge < -0.3 is 20.0 Å². The van der Waals surface area contributed by atoms with Gasteiger partial charge in [0.2, 0.25) is 0 Å². The van der Waals surface area contributed by atoms with E-state index < -0.39 is 0 Å². The monoisotopic (exact) mass is 268 g/mol.